The minimum atomic E-state index is -0.155. The van der Waals surface area contributed by atoms with Crippen molar-refractivity contribution in [3.05, 3.63) is 70.9 Å². The molecule has 2 aromatic rings. The van der Waals surface area contributed by atoms with Crippen molar-refractivity contribution in [2.24, 2.45) is 4.99 Å². The molecule has 0 bridgehead atoms. The van der Waals surface area contributed by atoms with Crippen LogP contribution in [0.5, 0.6) is 5.75 Å². The topological polar surface area (TPSA) is 50.7 Å². The van der Waals surface area contributed by atoms with Gasteiger partial charge in [-0.05, 0) is 48.2 Å². The molecule has 1 N–H and O–H groups in total. The van der Waals surface area contributed by atoms with E-state index >= 15 is 0 Å². The summed E-state index contributed by atoms with van der Waals surface area (Å²) in [7, 11) is 1.62. The first-order valence-corrected chi connectivity index (χ1v) is 7.95. The lowest BCUT2D eigenvalue weighted by molar-refractivity contribution is -0.115. The van der Waals surface area contributed by atoms with E-state index in [1.165, 1.54) is 11.1 Å². The van der Waals surface area contributed by atoms with Crippen molar-refractivity contribution in [3.8, 4) is 5.75 Å². The molecule has 0 aromatic heterocycles. The molecular weight excluding hydrogens is 300 g/mol. The smallest absolute Gasteiger partial charge is 0.275 e. The molecule has 0 radical (unpaired) electrons. The largest absolute Gasteiger partial charge is 0.497 e. The fraction of sp³-hybridized carbons (Fsp3) is 0.200. The summed E-state index contributed by atoms with van der Waals surface area (Å²) in [5, 5.41) is 2.85. The predicted octanol–water partition coefficient (Wildman–Crippen LogP) is 3.51. The zero-order valence-electron chi connectivity index (χ0n) is 13.9. The molecular formula is C20H20N2O2. The Morgan fingerprint density at radius 2 is 1.96 bits per heavy atom. The summed E-state index contributed by atoms with van der Waals surface area (Å²) < 4.78 is 5.20. The lowest BCUT2D eigenvalue weighted by atomic mass is 10.0. The molecule has 3 rings (SSSR count). The summed E-state index contributed by atoms with van der Waals surface area (Å²) in [5.74, 6) is 1.32. The highest BCUT2D eigenvalue weighted by molar-refractivity contribution is 6.14. The first-order chi connectivity index (χ1) is 11.7. The molecule has 1 heterocycles. The fourth-order valence-electron chi connectivity index (χ4n) is 2.67. The summed E-state index contributed by atoms with van der Waals surface area (Å²) in [6, 6.07) is 15.8. The maximum Gasteiger partial charge on any atom is 0.275 e. The summed E-state index contributed by atoms with van der Waals surface area (Å²) in [4.78, 5) is 16.5. The van der Waals surface area contributed by atoms with E-state index in [0.29, 0.717) is 12.1 Å². The second-order valence-corrected chi connectivity index (χ2v) is 5.75. The second-order valence-electron chi connectivity index (χ2n) is 5.75. The first kappa shape index (κ1) is 16.0. The molecule has 0 spiro atoms. The van der Waals surface area contributed by atoms with Crippen molar-refractivity contribution in [2.75, 3.05) is 7.11 Å². The van der Waals surface area contributed by atoms with Gasteiger partial charge in [0.2, 0.25) is 0 Å². The normalized spacial score (nSPS) is 15.3. The average molecular weight is 320 g/mol. The number of nitrogens with one attached hydrogen (secondary N) is 1. The Bertz CT molecular complexity index is 822. The molecule has 4 nitrogen and oxygen atoms in total. The van der Waals surface area contributed by atoms with Gasteiger partial charge in [-0.25, -0.2) is 4.99 Å². The van der Waals surface area contributed by atoms with Crippen LogP contribution >= 0.6 is 0 Å². The molecule has 0 aliphatic carbocycles. The van der Waals surface area contributed by atoms with Crippen molar-refractivity contribution in [1.29, 1.82) is 0 Å². The van der Waals surface area contributed by atoms with Gasteiger partial charge < -0.3 is 10.1 Å². The third kappa shape index (κ3) is 3.71. The van der Waals surface area contributed by atoms with Crippen molar-refractivity contribution in [3.63, 3.8) is 0 Å². The molecule has 0 saturated carbocycles. The van der Waals surface area contributed by atoms with Gasteiger partial charge in [-0.3, -0.25) is 4.79 Å². The van der Waals surface area contributed by atoms with E-state index in [1.807, 2.05) is 36.4 Å². The summed E-state index contributed by atoms with van der Waals surface area (Å²) in [6.45, 7) is 2.10. The first-order valence-electron chi connectivity index (χ1n) is 7.95. The third-order valence-corrected chi connectivity index (χ3v) is 4.04. The van der Waals surface area contributed by atoms with Crippen LogP contribution in [-0.4, -0.2) is 18.9 Å². The number of methoxy groups -OCH3 is 1. The predicted molar refractivity (Wildman–Crippen MR) is 96.0 cm³/mol. The number of hydrogen-bond acceptors (Lipinski definition) is 3. The molecule has 122 valence electrons. The molecule has 1 amide bonds. The van der Waals surface area contributed by atoms with E-state index < -0.39 is 0 Å². The highest BCUT2D eigenvalue weighted by Gasteiger charge is 2.19. The Kier molecular flexibility index (Phi) is 4.75. The number of benzene rings is 2. The summed E-state index contributed by atoms with van der Waals surface area (Å²) in [5.41, 5.74) is 3.86. The Hall–Kier alpha value is -2.88. The average Bonchev–Trinajstić information content (AvgIpc) is 2.94. The van der Waals surface area contributed by atoms with E-state index in [0.717, 1.165) is 23.6 Å². The van der Waals surface area contributed by atoms with Crippen LogP contribution < -0.4 is 10.1 Å². The number of carbonyl (C=O) groups is 1. The maximum absolute atomic E-state index is 12.1. The van der Waals surface area contributed by atoms with Crippen molar-refractivity contribution in [2.45, 2.75) is 19.8 Å². The Morgan fingerprint density at radius 3 is 2.75 bits per heavy atom. The lowest BCUT2D eigenvalue weighted by Crippen LogP contribution is -2.24. The molecule has 24 heavy (non-hydrogen) atoms. The molecule has 2 aromatic carbocycles. The van der Waals surface area contributed by atoms with Crippen molar-refractivity contribution >= 4 is 17.8 Å². The molecule has 1 aliphatic rings. The number of nitrogens with zero attached hydrogens (tertiary/aromatic N) is 1. The summed E-state index contributed by atoms with van der Waals surface area (Å²) in [6.07, 6.45) is 3.35. The van der Waals surface area contributed by atoms with E-state index in [9.17, 15) is 4.79 Å². The van der Waals surface area contributed by atoms with E-state index in [-0.39, 0.29) is 5.91 Å². The Morgan fingerprint density at radius 1 is 1.12 bits per heavy atom. The van der Waals surface area contributed by atoms with Crippen LogP contribution in [0.25, 0.3) is 6.08 Å². The summed E-state index contributed by atoms with van der Waals surface area (Å²) >= 11 is 0. The van der Waals surface area contributed by atoms with Gasteiger partial charge in [0.1, 0.15) is 17.3 Å². The minimum Gasteiger partial charge on any atom is -0.497 e. The van der Waals surface area contributed by atoms with E-state index in [4.69, 9.17) is 4.74 Å². The van der Waals surface area contributed by atoms with Crippen LogP contribution in [0.1, 0.15) is 23.1 Å². The number of rotatable bonds is 5. The highest BCUT2D eigenvalue weighted by atomic mass is 16.5. The molecule has 4 heteroatoms. The zero-order chi connectivity index (χ0) is 16.9. The number of amides is 1. The van der Waals surface area contributed by atoms with Crippen molar-refractivity contribution < 1.29 is 9.53 Å². The zero-order valence-corrected chi connectivity index (χ0v) is 13.9. The number of aryl methyl sites for hydroxylation is 2. The molecule has 0 unspecified atom stereocenters. The number of aliphatic imine (C=N–C) groups is 1. The minimum absolute atomic E-state index is 0.155. The van der Waals surface area contributed by atoms with Crippen LogP contribution in [-0.2, 0) is 11.2 Å². The van der Waals surface area contributed by atoms with Gasteiger partial charge in [0.15, 0.2) is 0 Å². The van der Waals surface area contributed by atoms with Crippen molar-refractivity contribution in [1.82, 2.24) is 5.32 Å². The molecule has 1 aliphatic heterocycles. The number of ether oxygens (including phenoxy) is 1. The van der Waals surface area contributed by atoms with E-state index in [2.05, 4.69) is 29.4 Å². The SMILES string of the molecule is COc1cccc(/C=C2/N=C(CCc3ccccc3C)NC2=O)c1. The van der Waals surface area contributed by atoms with Crippen LogP contribution in [0, 0.1) is 6.92 Å². The Labute approximate surface area is 141 Å². The number of hydrogen-bond donors (Lipinski definition) is 1. The van der Waals surface area contributed by atoms with Crippen LogP contribution in [0.3, 0.4) is 0 Å². The van der Waals surface area contributed by atoms with Crippen LogP contribution in [0.4, 0.5) is 0 Å². The fourth-order valence-corrected chi connectivity index (χ4v) is 2.67. The maximum atomic E-state index is 12.1. The van der Waals surface area contributed by atoms with Gasteiger partial charge in [0, 0.05) is 6.42 Å². The highest BCUT2D eigenvalue weighted by Crippen LogP contribution is 2.18. The van der Waals surface area contributed by atoms with Crippen LogP contribution in [0.15, 0.2) is 59.2 Å². The molecule has 0 atom stereocenters. The van der Waals surface area contributed by atoms with Gasteiger partial charge in [-0.2, -0.15) is 0 Å². The number of amidine groups is 1. The monoisotopic (exact) mass is 320 g/mol. The van der Waals surface area contributed by atoms with Gasteiger partial charge in [-0.15, -0.1) is 0 Å². The number of carbonyl (C=O) groups excluding carboxylic acids is 1. The third-order valence-electron chi connectivity index (χ3n) is 4.04. The lowest BCUT2D eigenvalue weighted by Gasteiger charge is -2.04. The Balaban J connectivity index is 1.73. The van der Waals surface area contributed by atoms with Gasteiger partial charge >= 0.3 is 0 Å². The van der Waals surface area contributed by atoms with Gasteiger partial charge in [-0.1, -0.05) is 36.4 Å². The van der Waals surface area contributed by atoms with E-state index in [1.54, 1.807) is 13.2 Å². The standard InChI is InChI=1S/C20H20N2O2/c1-14-6-3-4-8-16(14)10-11-19-21-18(20(23)22-19)13-15-7-5-9-17(12-15)24-2/h3-9,12-13H,10-11H2,1-2H3,(H,21,22,23)/b18-13+. The van der Waals surface area contributed by atoms with Crippen LogP contribution in [0.2, 0.25) is 0 Å². The second kappa shape index (κ2) is 7.13. The van der Waals surface area contributed by atoms with Gasteiger partial charge in [0.05, 0.1) is 7.11 Å². The quantitative estimate of drug-likeness (QED) is 0.857. The molecule has 0 fully saturated rings. The molecule has 0 saturated heterocycles. The van der Waals surface area contributed by atoms with Gasteiger partial charge in [0.25, 0.3) is 5.91 Å².